The molecular formula is C19H23NO3. The largest absolute Gasteiger partial charge is 0.493 e. The van der Waals surface area contributed by atoms with Crippen LogP contribution in [0, 0.1) is 13.8 Å². The molecule has 0 aliphatic carbocycles. The smallest absolute Gasteiger partial charge is 0.251 e. The van der Waals surface area contributed by atoms with Gasteiger partial charge >= 0.3 is 0 Å². The summed E-state index contributed by atoms with van der Waals surface area (Å²) in [4.78, 5) is 12.4. The predicted octanol–water partition coefficient (Wildman–Crippen LogP) is 3.81. The van der Waals surface area contributed by atoms with Crippen molar-refractivity contribution in [3.05, 3.63) is 58.7 Å². The van der Waals surface area contributed by atoms with Crippen LogP contribution in [-0.4, -0.2) is 20.1 Å². The molecule has 0 saturated carbocycles. The van der Waals surface area contributed by atoms with Crippen molar-refractivity contribution in [2.75, 3.05) is 14.2 Å². The second-order valence-electron chi connectivity index (χ2n) is 5.61. The first kappa shape index (κ1) is 16.9. The minimum atomic E-state index is -0.135. The van der Waals surface area contributed by atoms with Gasteiger partial charge in [0.2, 0.25) is 0 Å². The summed E-state index contributed by atoms with van der Waals surface area (Å²) in [6.45, 7) is 5.98. The topological polar surface area (TPSA) is 47.6 Å². The molecule has 0 spiro atoms. The molecule has 122 valence electrons. The second kappa shape index (κ2) is 7.18. The first-order valence-corrected chi connectivity index (χ1v) is 7.56. The Bertz CT molecular complexity index is 710. The Labute approximate surface area is 137 Å². The van der Waals surface area contributed by atoms with Crippen molar-refractivity contribution in [3.63, 3.8) is 0 Å². The molecule has 1 atom stereocenters. The van der Waals surface area contributed by atoms with Crippen molar-refractivity contribution in [1.82, 2.24) is 5.32 Å². The van der Waals surface area contributed by atoms with Crippen molar-refractivity contribution < 1.29 is 14.3 Å². The maximum absolute atomic E-state index is 12.4. The lowest BCUT2D eigenvalue weighted by atomic mass is 10.0. The first-order chi connectivity index (χ1) is 11.0. The zero-order valence-electron chi connectivity index (χ0n) is 14.3. The second-order valence-corrected chi connectivity index (χ2v) is 5.61. The summed E-state index contributed by atoms with van der Waals surface area (Å²) in [6.07, 6.45) is 0. The summed E-state index contributed by atoms with van der Waals surface area (Å²) in [7, 11) is 3.20. The first-order valence-electron chi connectivity index (χ1n) is 7.56. The maximum atomic E-state index is 12.4. The quantitative estimate of drug-likeness (QED) is 0.913. The van der Waals surface area contributed by atoms with Crippen LogP contribution >= 0.6 is 0 Å². The van der Waals surface area contributed by atoms with Crippen LogP contribution in [0.2, 0.25) is 0 Å². The fourth-order valence-corrected chi connectivity index (χ4v) is 2.37. The number of nitrogens with one attached hydrogen (secondary N) is 1. The average molecular weight is 313 g/mol. The van der Waals surface area contributed by atoms with Gasteiger partial charge in [-0.1, -0.05) is 12.1 Å². The van der Waals surface area contributed by atoms with E-state index in [0.29, 0.717) is 17.1 Å². The third-order valence-corrected chi connectivity index (χ3v) is 4.02. The normalized spacial score (nSPS) is 11.7. The molecule has 2 aromatic rings. The van der Waals surface area contributed by atoms with E-state index in [1.54, 1.807) is 14.2 Å². The molecule has 0 radical (unpaired) electrons. The van der Waals surface area contributed by atoms with E-state index in [2.05, 4.69) is 5.32 Å². The molecule has 0 aliphatic heterocycles. The monoisotopic (exact) mass is 313 g/mol. The lowest BCUT2D eigenvalue weighted by Crippen LogP contribution is -2.26. The average Bonchev–Trinajstić information content (AvgIpc) is 2.56. The number of hydrogen-bond acceptors (Lipinski definition) is 3. The van der Waals surface area contributed by atoms with Crippen molar-refractivity contribution in [2.45, 2.75) is 26.8 Å². The van der Waals surface area contributed by atoms with E-state index in [-0.39, 0.29) is 11.9 Å². The van der Waals surface area contributed by atoms with Gasteiger partial charge in [-0.05, 0) is 61.7 Å². The molecule has 0 saturated heterocycles. The van der Waals surface area contributed by atoms with E-state index >= 15 is 0 Å². The highest BCUT2D eigenvalue weighted by atomic mass is 16.5. The van der Waals surface area contributed by atoms with Gasteiger partial charge in [0.15, 0.2) is 11.5 Å². The number of rotatable bonds is 5. The van der Waals surface area contributed by atoms with E-state index in [9.17, 15) is 4.79 Å². The molecule has 0 fully saturated rings. The van der Waals surface area contributed by atoms with E-state index in [4.69, 9.17) is 9.47 Å². The number of benzene rings is 2. The van der Waals surface area contributed by atoms with E-state index in [1.807, 2.05) is 57.2 Å². The third-order valence-electron chi connectivity index (χ3n) is 4.02. The van der Waals surface area contributed by atoms with Crippen LogP contribution < -0.4 is 14.8 Å². The zero-order valence-corrected chi connectivity index (χ0v) is 14.3. The number of ether oxygens (including phenoxy) is 2. The number of methoxy groups -OCH3 is 2. The van der Waals surface area contributed by atoms with E-state index < -0.39 is 0 Å². The molecule has 4 heteroatoms. The minimum Gasteiger partial charge on any atom is -0.493 e. The highest BCUT2D eigenvalue weighted by molar-refractivity contribution is 5.94. The number of carbonyl (C=O) groups excluding carboxylic acids is 1. The highest BCUT2D eigenvalue weighted by Crippen LogP contribution is 2.30. The van der Waals surface area contributed by atoms with Crippen molar-refractivity contribution in [3.8, 4) is 11.5 Å². The van der Waals surface area contributed by atoms with Gasteiger partial charge in [-0.3, -0.25) is 4.79 Å². The van der Waals surface area contributed by atoms with Crippen molar-refractivity contribution in [1.29, 1.82) is 0 Å². The molecule has 0 bridgehead atoms. The summed E-state index contributed by atoms with van der Waals surface area (Å²) in [5.41, 5.74) is 3.91. The lowest BCUT2D eigenvalue weighted by Gasteiger charge is -2.17. The number of amides is 1. The standard InChI is InChI=1S/C19H23NO3/c1-12-6-7-16(10-13(12)2)19(21)20-14(3)15-8-9-17(22-4)18(11-15)23-5/h6-11,14H,1-5H3,(H,20,21). The minimum absolute atomic E-state index is 0.0876. The molecule has 1 unspecified atom stereocenters. The fraction of sp³-hybridized carbons (Fsp3) is 0.316. The Morgan fingerprint density at radius 3 is 2.26 bits per heavy atom. The molecule has 1 N–H and O–H groups in total. The van der Waals surface area contributed by atoms with Crippen LogP contribution in [0.25, 0.3) is 0 Å². The molecule has 0 aliphatic rings. The van der Waals surface area contributed by atoms with Crippen LogP contribution in [0.1, 0.15) is 40.0 Å². The molecule has 23 heavy (non-hydrogen) atoms. The van der Waals surface area contributed by atoms with Crippen LogP contribution in [0.5, 0.6) is 11.5 Å². The predicted molar refractivity (Wildman–Crippen MR) is 91.3 cm³/mol. The van der Waals surface area contributed by atoms with Crippen molar-refractivity contribution in [2.24, 2.45) is 0 Å². The van der Waals surface area contributed by atoms with Gasteiger partial charge in [-0.15, -0.1) is 0 Å². The van der Waals surface area contributed by atoms with Gasteiger partial charge in [-0.2, -0.15) is 0 Å². The zero-order chi connectivity index (χ0) is 17.0. The Morgan fingerprint density at radius 1 is 0.957 bits per heavy atom. The SMILES string of the molecule is COc1ccc(C(C)NC(=O)c2ccc(C)c(C)c2)cc1OC. The Hall–Kier alpha value is -2.49. The number of carbonyl (C=O) groups is 1. The molecule has 2 aromatic carbocycles. The summed E-state index contributed by atoms with van der Waals surface area (Å²) in [5, 5.41) is 3.01. The van der Waals surface area contributed by atoms with Crippen LogP contribution in [0.3, 0.4) is 0 Å². The van der Waals surface area contributed by atoms with Gasteiger partial charge in [0.25, 0.3) is 5.91 Å². The van der Waals surface area contributed by atoms with Crippen molar-refractivity contribution >= 4 is 5.91 Å². The highest BCUT2D eigenvalue weighted by Gasteiger charge is 2.14. The van der Waals surface area contributed by atoms with Crippen LogP contribution in [0.15, 0.2) is 36.4 Å². The van der Waals surface area contributed by atoms with Gasteiger partial charge in [0, 0.05) is 5.56 Å². The van der Waals surface area contributed by atoms with Crippen LogP contribution in [0.4, 0.5) is 0 Å². The molecule has 1 amide bonds. The summed E-state index contributed by atoms with van der Waals surface area (Å²) < 4.78 is 10.5. The Kier molecular flexibility index (Phi) is 5.27. The molecule has 2 rings (SSSR count). The summed E-state index contributed by atoms with van der Waals surface area (Å²) >= 11 is 0. The Balaban J connectivity index is 2.16. The molecule has 0 aromatic heterocycles. The molecule has 0 heterocycles. The van der Waals surface area contributed by atoms with Crippen LogP contribution in [-0.2, 0) is 0 Å². The van der Waals surface area contributed by atoms with Gasteiger partial charge < -0.3 is 14.8 Å². The molecule has 4 nitrogen and oxygen atoms in total. The van der Waals surface area contributed by atoms with E-state index in [0.717, 1.165) is 11.1 Å². The third kappa shape index (κ3) is 3.83. The Morgan fingerprint density at radius 2 is 1.65 bits per heavy atom. The number of aryl methyl sites for hydroxylation is 2. The van der Waals surface area contributed by atoms with Gasteiger partial charge in [0.1, 0.15) is 0 Å². The van der Waals surface area contributed by atoms with Gasteiger partial charge in [0.05, 0.1) is 20.3 Å². The summed E-state index contributed by atoms with van der Waals surface area (Å²) in [5.74, 6) is 1.23. The maximum Gasteiger partial charge on any atom is 0.251 e. The summed E-state index contributed by atoms with van der Waals surface area (Å²) in [6, 6.07) is 11.2. The fourth-order valence-electron chi connectivity index (χ4n) is 2.37. The van der Waals surface area contributed by atoms with Gasteiger partial charge in [-0.25, -0.2) is 0 Å². The van der Waals surface area contributed by atoms with E-state index in [1.165, 1.54) is 5.56 Å². The number of hydrogen-bond donors (Lipinski definition) is 1. The molecular weight excluding hydrogens is 290 g/mol. The lowest BCUT2D eigenvalue weighted by molar-refractivity contribution is 0.0939.